The largest absolute Gasteiger partial charge is 0.481 e. The minimum atomic E-state index is -0.841. The van der Waals surface area contributed by atoms with Crippen LogP contribution < -0.4 is 0 Å². The number of carboxylic acid groups (broad SMARTS) is 1. The molecule has 22 heavy (non-hydrogen) atoms. The summed E-state index contributed by atoms with van der Waals surface area (Å²) in [6.45, 7) is 4.85. The third-order valence-electron chi connectivity index (χ3n) is 5.05. The monoisotopic (exact) mass is 326 g/mol. The number of amides is 2. The quantitative estimate of drug-likeness (QED) is 0.819. The maximum Gasteiger partial charge on any atom is 0.308 e. The summed E-state index contributed by atoms with van der Waals surface area (Å²) in [4.78, 5) is 39.4. The van der Waals surface area contributed by atoms with Crippen LogP contribution in [0.1, 0.15) is 33.1 Å². The van der Waals surface area contributed by atoms with Crippen molar-refractivity contribution in [3.8, 4) is 0 Å². The number of nitrogens with zero attached hydrogens (tertiary/aromatic N) is 2. The lowest BCUT2D eigenvalue weighted by Crippen LogP contribution is -2.55. The van der Waals surface area contributed by atoms with E-state index in [4.69, 9.17) is 0 Å². The van der Waals surface area contributed by atoms with Crippen molar-refractivity contribution in [2.75, 3.05) is 18.8 Å². The van der Waals surface area contributed by atoms with E-state index in [-0.39, 0.29) is 29.1 Å². The molecule has 3 rings (SSSR count). The average Bonchev–Trinajstić information content (AvgIpc) is 2.94. The van der Waals surface area contributed by atoms with Crippen molar-refractivity contribution in [3.63, 3.8) is 0 Å². The fourth-order valence-corrected chi connectivity index (χ4v) is 5.35. The molecule has 3 aliphatic rings. The van der Waals surface area contributed by atoms with E-state index in [1.165, 1.54) is 0 Å². The molecule has 4 atom stereocenters. The lowest BCUT2D eigenvalue weighted by Gasteiger charge is -2.38. The average molecular weight is 326 g/mol. The van der Waals surface area contributed by atoms with Crippen molar-refractivity contribution in [2.24, 2.45) is 11.8 Å². The van der Waals surface area contributed by atoms with Gasteiger partial charge >= 0.3 is 5.97 Å². The molecule has 3 aliphatic heterocycles. The molecular formula is C15H22N2O4S. The maximum atomic E-state index is 12.9. The minimum Gasteiger partial charge on any atom is -0.481 e. The summed E-state index contributed by atoms with van der Waals surface area (Å²) in [6.07, 6.45) is 1.90. The van der Waals surface area contributed by atoms with E-state index in [1.54, 1.807) is 21.6 Å². The van der Waals surface area contributed by atoms with Gasteiger partial charge in [0.25, 0.3) is 0 Å². The fraction of sp³-hybridized carbons (Fsp3) is 0.800. The minimum absolute atomic E-state index is 0.0469. The standard InChI is InChI=1S/C15H22N2O4S/c1-9-5-10(14(20)21)7-16(6-9)13(19)11-8-22-15(2)4-3-12(18)17(11)15/h9-11H,3-8H2,1-2H3,(H,20,21). The molecule has 1 N–H and O–H groups in total. The van der Waals surface area contributed by atoms with Gasteiger partial charge in [0, 0.05) is 25.3 Å². The van der Waals surface area contributed by atoms with Gasteiger partial charge in [0.1, 0.15) is 6.04 Å². The van der Waals surface area contributed by atoms with Gasteiger partial charge in [0.15, 0.2) is 0 Å². The summed E-state index contributed by atoms with van der Waals surface area (Å²) in [5.74, 6) is -0.581. The van der Waals surface area contributed by atoms with Crippen molar-refractivity contribution in [1.82, 2.24) is 9.80 Å². The highest BCUT2D eigenvalue weighted by Gasteiger charge is 2.54. The molecule has 3 fully saturated rings. The zero-order valence-electron chi connectivity index (χ0n) is 12.9. The van der Waals surface area contributed by atoms with Crippen LogP contribution in [0, 0.1) is 11.8 Å². The van der Waals surface area contributed by atoms with Crippen LogP contribution in [-0.4, -0.2) is 62.4 Å². The van der Waals surface area contributed by atoms with Crippen LogP contribution in [0.25, 0.3) is 0 Å². The molecule has 0 aliphatic carbocycles. The molecular weight excluding hydrogens is 304 g/mol. The van der Waals surface area contributed by atoms with Crippen molar-refractivity contribution >= 4 is 29.5 Å². The van der Waals surface area contributed by atoms with Gasteiger partial charge in [-0.2, -0.15) is 0 Å². The van der Waals surface area contributed by atoms with Crippen molar-refractivity contribution in [3.05, 3.63) is 0 Å². The molecule has 3 heterocycles. The molecule has 2 amide bonds. The summed E-state index contributed by atoms with van der Waals surface area (Å²) in [7, 11) is 0. The van der Waals surface area contributed by atoms with Gasteiger partial charge < -0.3 is 14.9 Å². The summed E-state index contributed by atoms with van der Waals surface area (Å²) < 4.78 is 0. The van der Waals surface area contributed by atoms with E-state index in [0.717, 1.165) is 6.42 Å². The van der Waals surface area contributed by atoms with Crippen LogP contribution in [-0.2, 0) is 14.4 Å². The van der Waals surface area contributed by atoms with E-state index in [9.17, 15) is 19.5 Å². The number of carboxylic acids is 1. The third kappa shape index (κ3) is 2.49. The highest BCUT2D eigenvalue weighted by Crippen LogP contribution is 2.47. The van der Waals surface area contributed by atoms with Gasteiger partial charge in [-0.15, -0.1) is 11.8 Å². The van der Waals surface area contributed by atoms with Crippen molar-refractivity contribution in [2.45, 2.75) is 44.0 Å². The highest BCUT2D eigenvalue weighted by atomic mass is 32.2. The molecule has 0 aromatic rings. The number of carbonyl (C=O) groups is 3. The Bertz CT molecular complexity index is 526. The van der Waals surface area contributed by atoms with Gasteiger partial charge in [-0.1, -0.05) is 6.92 Å². The molecule has 0 bridgehead atoms. The Morgan fingerprint density at radius 2 is 2.09 bits per heavy atom. The molecule has 3 saturated heterocycles. The Morgan fingerprint density at radius 3 is 2.77 bits per heavy atom. The molecule has 0 aromatic heterocycles. The first-order valence-electron chi connectivity index (χ1n) is 7.79. The van der Waals surface area contributed by atoms with E-state index >= 15 is 0 Å². The summed E-state index contributed by atoms with van der Waals surface area (Å²) in [6, 6.07) is -0.426. The van der Waals surface area contributed by atoms with Gasteiger partial charge in [0.2, 0.25) is 11.8 Å². The number of aliphatic carboxylic acids is 1. The van der Waals surface area contributed by atoms with Crippen LogP contribution in [0.3, 0.4) is 0 Å². The zero-order chi connectivity index (χ0) is 16.1. The van der Waals surface area contributed by atoms with Crippen molar-refractivity contribution in [1.29, 1.82) is 0 Å². The summed E-state index contributed by atoms with van der Waals surface area (Å²) >= 11 is 1.67. The van der Waals surface area contributed by atoms with Crippen molar-refractivity contribution < 1.29 is 19.5 Å². The number of carbonyl (C=O) groups excluding carboxylic acids is 2. The molecule has 0 saturated carbocycles. The Morgan fingerprint density at radius 1 is 1.36 bits per heavy atom. The number of thioether (sulfide) groups is 1. The van der Waals surface area contributed by atoms with E-state index in [0.29, 0.717) is 25.1 Å². The Hall–Kier alpha value is -1.24. The summed E-state index contributed by atoms with van der Waals surface area (Å²) in [5.41, 5.74) is 0. The predicted molar refractivity (Wildman–Crippen MR) is 82.2 cm³/mol. The fourth-order valence-electron chi connectivity index (χ4n) is 3.92. The van der Waals surface area contributed by atoms with E-state index < -0.39 is 17.9 Å². The van der Waals surface area contributed by atoms with E-state index in [1.807, 2.05) is 13.8 Å². The molecule has 122 valence electrons. The topological polar surface area (TPSA) is 77.9 Å². The van der Waals surface area contributed by atoms with Gasteiger partial charge in [0.05, 0.1) is 10.8 Å². The second kappa shape index (κ2) is 5.44. The number of piperidine rings is 1. The predicted octanol–water partition coefficient (Wildman–Crippen LogP) is 1.01. The molecule has 0 radical (unpaired) electrons. The number of fused-ring (bicyclic) bond motifs is 1. The van der Waals surface area contributed by atoms with E-state index in [2.05, 4.69) is 0 Å². The van der Waals surface area contributed by atoms with Gasteiger partial charge in [-0.05, 0) is 25.7 Å². The molecule has 4 unspecified atom stereocenters. The smallest absolute Gasteiger partial charge is 0.308 e. The highest BCUT2D eigenvalue weighted by molar-refractivity contribution is 8.01. The number of hydrogen-bond donors (Lipinski definition) is 1. The molecule has 0 spiro atoms. The van der Waals surface area contributed by atoms with Crippen LogP contribution in [0.15, 0.2) is 0 Å². The lowest BCUT2D eigenvalue weighted by atomic mass is 9.90. The number of hydrogen-bond acceptors (Lipinski definition) is 4. The van der Waals surface area contributed by atoms with Gasteiger partial charge in [-0.25, -0.2) is 0 Å². The lowest BCUT2D eigenvalue weighted by molar-refractivity contribution is -0.150. The summed E-state index contributed by atoms with van der Waals surface area (Å²) in [5, 5.41) is 9.25. The zero-order valence-corrected chi connectivity index (χ0v) is 13.8. The number of likely N-dealkylation sites (tertiary alicyclic amines) is 1. The first-order valence-corrected chi connectivity index (χ1v) is 8.78. The normalized spacial score (nSPS) is 38.3. The van der Waals surface area contributed by atoms with Crippen LogP contribution in [0.5, 0.6) is 0 Å². The SMILES string of the molecule is CC1CC(C(=O)O)CN(C(=O)C2CSC3(C)CCC(=O)N23)C1. The van der Waals surface area contributed by atoms with Crippen LogP contribution in [0.2, 0.25) is 0 Å². The molecule has 0 aromatic carbocycles. The van der Waals surface area contributed by atoms with Gasteiger partial charge in [-0.3, -0.25) is 14.4 Å². The van der Waals surface area contributed by atoms with Crippen LogP contribution >= 0.6 is 11.8 Å². The second-order valence-corrected chi connectivity index (χ2v) is 8.39. The second-order valence-electron chi connectivity index (χ2n) is 6.88. The Kier molecular flexibility index (Phi) is 3.87. The molecule has 7 heteroatoms. The maximum absolute atomic E-state index is 12.9. The first kappa shape index (κ1) is 15.6. The third-order valence-corrected chi connectivity index (χ3v) is 6.56. The Balaban J connectivity index is 1.76. The number of rotatable bonds is 2. The first-order chi connectivity index (χ1) is 10.3. The van der Waals surface area contributed by atoms with Crippen LogP contribution in [0.4, 0.5) is 0 Å². The Labute approximate surface area is 134 Å². The molecule has 6 nitrogen and oxygen atoms in total.